The SMILES string of the molecule is C[N+](=O)c1ccc(C(=O)Nc2cccc3[nH]c(=O)c(C(=O)Nc4ccc(Cl)cc4)cc23)cc1. The molecule has 0 atom stereocenters. The average molecular weight is 462 g/mol. The summed E-state index contributed by atoms with van der Waals surface area (Å²) in [6.45, 7) is 0. The molecule has 0 aliphatic rings. The molecule has 0 saturated heterocycles. The first-order valence-corrected chi connectivity index (χ1v) is 10.2. The summed E-state index contributed by atoms with van der Waals surface area (Å²) in [5, 5.41) is 6.46. The Labute approximate surface area is 192 Å². The maximum atomic E-state index is 12.7. The Hall–Kier alpha value is -4.30. The number of aromatic nitrogens is 1. The van der Waals surface area contributed by atoms with Crippen molar-refractivity contribution >= 4 is 51.4 Å². The van der Waals surface area contributed by atoms with Crippen LogP contribution >= 0.6 is 11.6 Å². The van der Waals surface area contributed by atoms with Crippen molar-refractivity contribution in [1.29, 1.82) is 0 Å². The van der Waals surface area contributed by atoms with Gasteiger partial charge in [-0.25, -0.2) is 0 Å². The number of hydrogen-bond acceptors (Lipinski definition) is 4. The summed E-state index contributed by atoms with van der Waals surface area (Å²) in [4.78, 5) is 52.0. The first-order valence-electron chi connectivity index (χ1n) is 9.87. The van der Waals surface area contributed by atoms with Crippen LogP contribution in [0.4, 0.5) is 17.1 Å². The van der Waals surface area contributed by atoms with Gasteiger partial charge in [0, 0.05) is 43.5 Å². The molecule has 0 aliphatic heterocycles. The Balaban J connectivity index is 1.64. The Bertz CT molecular complexity index is 1440. The molecule has 2 amide bonds. The van der Waals surface area contributed by atoms with Crippen LogP contribution in [0.2, 0.25) is 5.02 Å². The Morgan fingerprint density at radius 2 is 1.61 bits per heavy atom. The van der Waals surface area contributed by atoms with Crippen LogP contribution in [0.15, 0.2) is 77.6 Å². The lowest BCUT2D eigenvalue weighted by atomic mass is 10.1. The molecule has 8 nitrogen and oxygen atoms in total. The van der Waals surface area contributed by atoms with Gasteiger partial charge in [0.05, 0.1) is 11.2 Å². The molecule has 33 heavy (non-hydrogen) atoms. The quantitative estimate of drug-likeness (QED) is 0.373. The predicted molar refractivity (Wildman–Crippen MR) is 128 cm³/mol. The average Bonchev–Trinajstić information content (AvgIpc) is 2.80. The van der Waals surface area contributed by atoms with Crippen LogP contribution in [0, 0.1) is 4.91 Å². The minimum Gasteiger partial charge on any atom is -0.322 e. The number of hydrogen-bond donors (Lipinski definition) is 3. The molecule has 0 radical (unpaired) electrons. The third-order valence-corrected chi connectivity index (χ3v) is 5.23. The van der Waals surface area contributed by atoms with Crippen molar-refractivity contribution in [3.8, 4) is 0 Å². The molecule has 1 aromatic heterocycles. The maximum Gasteiger partial charge on any atom is 0.261 e. The number of benzene rings is 3. The van der Waals surface area contributed by atoms with Gasteiger partial charge in [-0.15, -0.1) is 0 Å². The molecule has 0 spiro atoms. The van der Waals surface area contributed by atoms with E-state index in [1.54, 1.807) is 54.6 Å². The highest BCUT2D eigenvalue weighted by Gasteiger charge is 2.16. The Morgan fingerprint density at radius 1 is 0.909 bits per heavy atom. The number of halogens is 1. The highest BCUT2D eigenvalue weighted by Crippen LogP contribution is 2.23. The Morgan fingerprint density at radius 3 is 2.27 bits per heavy atom. The van der Waals surface area contributed by atoms with Gasteiger partial charge >= 0.3 is 0 Å². The fourth-order valence-corrected chi connectivity index (χ4v) is 3.38. The minimum atomic E-state index is -0.598. The fraction of sp³-hybridized carbons (Fsp3) is 0.0417. The third-order valence-electron chi connectivity index (χ3n) is 4.98. The van der Waals surface area contributed by atoms with Crippen molar-refractivity contribution in [2.24, 2.45) is 0 Å². The molecule has 9 heteroatoms. The van der Waals surface area contributed by atoms with Gasteiger partial charge in [0.2, 0.25) is 0 Å². The van der Waals surface area contributed by atoms with E-state index in [9.17, 15) is 19.3 Å². The summed E-state index contributed by atoms with van der Waals surface area (Å²) in [7, 11) is 1.37. The molecule has 0 saturated carbocycles. The van der Waals surface area contributed by atoms with Crippen LogP contribution in [-0.4, -0.2) is 28.6 Å². The van der Waals surface area contributed by atoms with E-state index in [2.05, 4.69) is 15.6 Å². The number of nitrogens with zero attached hydrogens (tertiary/aromatic N) is 1. The molecule has 4 rings (SSSR count). The molecule has 1 heterocycles. The lowest BCUT2D eigenvalue weighted by molar-refractivity contribution is -0.428. The first-order chi connectivity index (χ1) is 15.8. The van der Waals surface area contributed by atoms with Crippen molar-refractivity contribution in [1.82, 2.24) is 4.98 Å². The number of anilines is 2. The summed E-state index contributed by atoms with van der Waals surface area (Å²) < 4.78 is 0.694. The number of nitroso groups, excluding NO2 is 1. The topological polar surface area (TPSA) is 111 Å². The van der Waals surface area contributed by atoms with E-state index in [0.717, 1.165) is 0 Å². The first kappa shape index (κ1) is 21.9. The zero-order valence-electron chi connectivity index (χ0n) is 17.4. The highest BCUT2D eigenvalue weighted by atomic mass is 35.5. The molecule has 0 fully saturated rings. The molecule has 0 unspecified atom stereocenters. The van der Waals surface area contributed by atoms with E-state index < -0.39 is 17.4 Å². The third kappa shape index (κ3) is 4.81. The predicted octanol–water partition coefficient (Wildman–Crippen LogP) is 4.73. The smallest absolute Gasteiger partial charge is 0.261 e. The number of carbonyl (C=O) groups is 2. The van der Waals surface area contributed by atoms with Gasteiger partial charge in [-0.1, -0.05) is 17.7 Å². The van der Waals surface area contributed by atoms with Crippen molar-refractivity contribution < 1.29 is 14.3 Å². The van der Waals surface area contributed by atoms with E-state index in [-0.39, 0.29) is 5.56 Å². The number of aromatic amines is 1. The summed E-state index contributed by atoms with van der Waals surface area (Å²) in [6.07, 6.45) is 0. The molecule has 0 aliphatic carbocycles. The van der Waals surface area contributed by atoms with E-state index >= 15 is 0 Å². The molecular weight excluding hydrogens is 444 g/mol. The van der Waals surface area contributed by atoms with Crippen LogP contribution in [-0.2, 0) is 0 Å². The van der Waals surface area contributed by atoms with Gasteiger partial charge in [-0.05, 0) is 54.6 Å². The van der Waals surface area contributed by atoms with Gasteiger partial charge in [-0.3, -0.25) is 14.4 Å². The number of carbonyl (C=O) groups excluding carboxylic acids is 2. The van der Waals surface area contributed by atoms with E-state index in [4.69, 9.17) is 11.6 Å². The molecule has 4 aromatic rings. The number of nitrogens with one attached hydrogen (secondary N) is 3. The van der Waals surface area contributed by atoms with Crippen molar-refractivity contribution in [3.63, 3.8) is 0 Å². The van der Waals surface area contributed by atoms with E-state index in [0.29, 0.717) is 43.3 Å². The summed E-state index contributed by atoms with van der Waals surface area (Å²) in [6, 6.07) is 19.1. The monoisotopic (exact) mass is 461 g/mol. The summed E-state index contributed by atoms with van der Waals surface area (Å²) in [5.74, 6) is -1.00. The zero-order chi connectivity index (χ0) is 23.5. The van der Waals surface area contributed by atoms with E-state index in [1.807, 2.05) is 0 Å². The maximum absolute atomic E-state index is 12.7. The van der Waals surface area contributed by atoms with Crippen LogP contribution < -0.4 is 16.2 Å². The normalized spacial score (nSPS) is 10.6. The molecule has 164 valence electrons. The lowest BCUT2D eigenvalue weighted by Gasteiger charge is -2.11. The van der Waals surface area contributed by atoms with Crippen LogP contribution in [0.5, 0.6) is 0 Å². The second-order valence-corrected chi connectivity index (χ2v) is 7.67. The van der Waals surface area contributed by atoms with Crippen LogP contribution in [0.1, 0.15) is 20.7 Å². The largest absolute Gasteiger partial charge is 0.322 e. The van der Waals surface area contributed by atoms with E-state index in [1.165, 1.54) is 25.2 Å². The second kappa shape index (κ2) is 9.05. The van der Waals surface area contributed by atoms with Crippen molar-refractivity contribution in [2.75, 3.05) is 17.7 Å². The number of rotatable bonds is 5. The van der Waals surface area contributed by atoms with Crippen LogP contribution in [0.25, 0.3) is 10.9 Å². The lowest BCUT2D eigenvalue weighted by Crippen LogP contribution is -2.23. The van der Waals surface area contributed by atoms with Crippen molar-refractivity contribution in [2.45, 2.75) is 0 Å². The van der Waals surface area contributed by atoms with Gasteiger partial charge in [0.1, 0.15) is 5.56 Å². The van der Waals surface area contributed by atoms with Crippen molar-refractivity contribution in [3.05, 3.63) is 104 Å². The number of H-pyrrole nitrogens is 1. The van der Waals surface area contributed by atoms with Gasteiger partial charge in [0.15, 0.2) is 7.05 Å². The molecule has 3 aromatic carbocycles. The minimum absolute atomic E-state index is 0.109. The number of pyridine rings is 1. The zero-order valence-corrected chi connectivity index (χ0v) is 18.1. The molecule has 0 bridgehead atoms. The number of amides is 2. The van der Waals surface area contributed by atoms with Gasteiger partial charge < -0.3 is 15.6 Å². The van der Waals surface area contributed by atoms with Crippen LogP contribution in [0.3, 0.4) is 0 Å². The highest BCUT2D eigenvalue weighted by molar-refractivity contribution is 6.30. The molecular formula is C24H18ClN4O4+. The standard InChI is InChI=1S/C24H17ClN4O4/c1-29(33)17-11-5-14(6-12-17)22(30)27-20-3-2-4-21-18(20)13-19(24(32)28-21)23(31)26-16-9-7-15(25)8-10-16/h2-13H,1H3,(H2-,26,27,28,30,31,32)/p+1. The van der Waals surface area contributed by atoms with Gasteiger partial charge in [-0.2, -0.15) is 0 Å². The summed E-state index contributed by atoms with van der Waals surface area (Å²) in [5.41, 5.74) is 1.46. The number of fused-ring (bicyclic) bond motifs is 1. The molecule has 3 N–H and O–H groups in total. The summed E-state index contributed by atoms with van der Waals surface area (Å²) >= 11 is 5.86. The van der Waals surface area contributed by atoms with Gasteiger partial charge in [0.25, 0.3) is 23.1 Å². The second-order valence-electron chi connectivity index (χ2n) is 7.24. The Kier molecular flexibility index (Phi) is 6.01. The fourth-order valence-electron chi connectivity index (χ4n) is 3.26.